The van der Waals surface area contributed by atoms with Gasteiger partial charge in [-0.1, -0.05) is 48.0 Å². The molecule has 3 rings (SSSR count). The van der Waals surface area contributed by atoms with Crippen LogP contribution >= 0.6 is 38.9 Å². The Morgan fingerprint density at radius 3 is 2.48 bits per heavy atom. The number of rotatable bonds is 7. The van der Waals surface area contributed by atoms with Crippen LogP contribution in [0.3, 0.4) is 0 Å². The summed E-state index contributed by atoms with van der Waals surface area (Å²) in [5.74, 6) is -0.460. The van der Waals surface area contributed by atoms with Gasteiger partial charge in [0.05, 0.1) is 3.79 Å². The monoisotopic (exact) mass is 512 g/mol. The molecule has 29 heavy (non-hydrogen) atoms. The summed E-state index contributed by atoms with van der Waals surface area (Å²) < 4.78 is 29.0. The number of sulfonamides is 1. The summed E-state index contributed by atoms with van der Waals surface area (Å²) in [7, 11) is -3.86. The highest BCUT2D eigenvalue weighted by Gasteiger charge is 2.27. The minimum absolute atomic E-state index is 0.133. The topological polar surface area (TPSA) is 75.3 Å². The molecule has 0 spiro atoms. The summed E-state index contributed by atoms with van der Waals surface area (Å²) in [5, 5.41) is 3.31. The second kappa shape index (κ2) is 9.40. The van der Waals surface area contributed by atoms with Crippen LogP contribution in [0.2, 0.25) is 5.02 Å². The first-order valence-electron chi connectivity index (χ1n) is 8.64. The highest BCUT2D eigenvalue weighted by Crippen LogP contribution is 2.27. The summed E-state index contributed by atoms with van der Waals surface area (Å²) >= 11 is 10.5. The maximum Gasteiger partial charge on any atom is 0.250 e. The molecule has 2 N–H and O–H groups in total. The zero-order valence-electron chi connectivity index (χ0n) is 15.4. The smallest absolute Gasteiger partial charge is 0.250 e. The predicted molar refractivity (Wildman–Crippen MR) is 121 cm³/mol. The fourth-order valence-corrected chi connectivity index (χ4v) is 6.08. The van der Waals surface area contributed by atoms with Crippen molar-refractivity contribution in [1.82, 2.24) is 4.72 Å². The van der Waals surface area contributed by atoms with Crippen molar-refractivity contribution in [3.63, 3.8) is 0 Å². The molecule has 5 nitrogen and oxygen atoms in total. The molecule has 1 atom stereocenters. The van der Waals surface area contributed by atoms with Crippen molar-refractivity contribution < 1.29 is 13.2 Å². The molecule has 0 aliphatic carbocycles. The molecule has 0 saturated heterocycles. The van der Waals surface area contributed by atoms with Crippen molar-refractivity contribution in [2.75, 3.05) is 5.32 Å². The Kier molecular flexibility index (Phi) is 7.13. The minimum Gasteiger partial charge on any atom is -0.324 e. The van der Waals surface area contributed by atoms with Crippen LogP contribution in [0.25, 0.3) is 0 Å². The lowest BCUT2D eigenvalue weighted by atomic mass is 10.1. The van der Waals surface area contributed by atoms with E-state index in [0.29, 0.717) is 20.1 Å². The summed E-state index contributed by atoms with van der Waals surface area (Å²) in [4.78, 5) is 13.0. The minimum atomic E-state index is -3.86. The Morgan fingerprint density at radius 1 is 1.10 bits per heavy atom. The van der Waals surface area contributed by atoms with Gasteiger partial charge in [0.2, 0.25) is 5.91 Å². The van der Waals surface area contributed by atoms with Crippen LogP contribution < -0.4 is 10.0 Å². The molecule has 3 aromatic rings. The maximum absolute atomic E-state index is 13.0. The molecular formula is C20H18BrClN2O3S2. The normalized spacial score (nSPS) is 12.5. The van der Waals surface area contributed by atoms with Gasteiger partial charge >= 0.3 is 0 Å². The molecule has 1 heterocycles. The Morgan fingerprint density at radius 2 is 1.83 bits per heavy atom. The molecule has 1 amide bonds. The zero-order chi connectivity index (χ0) is 21.0. The number of amides is 1. The van der Waals surface area contributed by atoms with E-state index in [0.717, 1.165) is 16.9 Å². The van der Waals surface area contributed by atoms with Gasteiger partial charge in [-0.2, -0.15) is 4.72 Å². The Balaban J connectivity index is 1.88. The van der Waals surface area contributed by atoms with Gasteiger partial charge in [-0.25, -0.2) is 8.42 Å². The molecule has 9 heteroatoms. The number of anilines is 1. The van der Waals surface area contributed by atoms with Crippen molar-refractivity contribution in [3.05, 3.63) is 80.6 Å². The highest BCUT2D eigenvalue weighted by molar-refractivity contribution is 9.11. The van der Waals surface area contributed by atoms with Crippen LogP contribution in [0.4, 0.5) is 5.69 Å². The first kappa shape index (κ1) is 22.0. The summed E-state index contributed by atoms with van der Waals surface area (Å²) in [5.41, 5.74) is 2.09. The zero-order valence-corrected chi connectivity index (χ0v) is 19.3. The van der Waals surface area contributed by atoms with Crippen molar-refractivity contribution >= 4 is 60.5 Å². The first-order valence-corrected chi connectivity index (χ1v) is 12.1. The second-order valence-corrected chi connectivity index (χ2v) is 11.1. The van der Waals surface area contributed by atoms with Gasteiger partial charge in [0, 0.05) is 10.7 Å². The third kappa shape index (κ3) is 5.67. The van der Waals surface area contributed by atoms with E-state index < -0.39 is 22.0 Å². The van der Waals surface area contributed by atoms with Crippen LogP contribution in [0, 0.1) is 6.92 Å². The summed E-state index contributed by atoms with van der Waals surface area (Å²) in [6.45, 7) is 1.79. The molecule has 0 bridgehead atoms. The fraction of sp³-hybridized carbons (Fsp3) is 0.150. The van der Waals surface area contributed by atoms with Crippen LogP contribution in [0.1, 0.15) is 11.1 Å². The number of nitrogens with one attached hydrogen (secondary N) is 2. The molecule has 1 aromatic heterocycles. The maximum atomic E-state index is 13.0. The fourth-order valence-electron chi connectivity index (χ4n) is 2.69. The van der Waals surface area contributed by atoms with Gasteiger partial charge in [-0.15, -0.1) is 11.3 Å². The Labute approximate surface area is 187 Å². The molecule has 0 fully saturated rings. The van der Waals surface area contributed by atoms with E-state index in [1.165, 1.54) is 6.07 Å². The molecule has 0 radical (unpaired) electrons. The molecule has 0 saturated carbocycles. The van der Waals surface area contributed by atoms with E-state index in [4.69, 9.17) is 11.6 Å². The number of hydrogen-bond acceptors (Lipinski definition) is 4. The molecule has 152 valence electrons. The average molecular weight is 514 g/mol. The van der Waals surface area contributed by atoms with E-state index in [9.17, 15) is 13.2 Å². The van der Waals surface area contributed by atoms with Crippen molar-refractivity contribution in [1.29, 1.82) is 0 Å². The van der Waals surface area contributed by atoms with Gasteiger partial charge in [0.15, 0.2) is 0 Å². The Bertz CT molecular complexity index is 1120. The third-order valence-corrected chi connectivity index (χ3v) is 8.23. The van der Waals surface area contributed by atoms with Gasteiger partial charge < -0.3 is 5.32 Å². The van der Waals surface area contributed by atoms with Crippen molar-refractivity contribution in [2.45, 2.75) is 23.6 Å². The molecule has 0 aliphatic rings. The van der Waals surface area contributed by atoms with E-state index in [1.54, 1.807) is 31.2 Å². The van der Waals surface area contributed by atoms with E-state index in [2.05, 4.69) is 26.0 Å². The molecule has 0 unspecified atom stereocenters. The van der Waals surface area contributed by atoms with E-state index in [1.807, 2.05) is 30.3 Å². The van der Waals surface area contributed by atoms with Crippen LogP contribution in [0.15, 0.2) is 68.7 Å². The lowest BCUT2D eigenvalue weighted by molar-refractivity contribution is -0.117. The highest BCUT2D eigenvalue weighted by atomic mass is 79.9. The van der Waals surface area contributed by atoms with Gasteiger partial charge in [0.25, 0.3) is 10.0 Å². The number of hydrogen-bond donors (Lipinski definition) is 2. The lowest BCUT2D eigenvalue weighted by Gasteiger charge is -2.19. The average Bonchev–Trinajstić information content (AvgIpc) is 3.13. The summed E-state index contributed by atoms with van der Waals surface area (Å²) in [6.07, 6.45) is 0.206. The lowest BCUT2D eigenvalue weighted by Crippen LogP contribution is -2.45. The number of halogens is 2. The molecular weight excluding hydrogens is 496 g/mol. The quantitative estimate of drug-likeness (QED) is 0.467. The van der Waals surface area contributed by atoms with Crippen LogP contribution in [-0.2, 0) is 21.2 Å². The van der Waals surface area contributed by atoms with Crippen LogP contribution in [0.5, 0.6) is 0 Å². The SMILES string of the molecule is Cc1c(Cl)cccc1NC(=O)[C@H](Cc1ccccc1)NS(=O)(=O)c1ccc(Br)s1. The third-order valence-electron chi connectivity index (χ3n) is 4.24. The predicted octanol–water partition coefficient (Wildman–Crippen LogP) is 5.00. The van der Waals surface area contributed by atoms with Gasteiger partial charge in [0.1, 0.15) is 10.3 Å². The van der Waals surface area contributed by atoms with Crippen LogP contribution in [-0.4, -0.2) is 20.4 Å². The molecule has 0 aliphatic heterocycles. The van der Waals surface area contributed by atoms with E-state index >= 15 is 0 Å². The Hall–Kier alpha value is -1.71. The van der Waals surface area contributed by atoms with E-state index in [-0.39, 0.29) is 10.6 Å². The summed E-state index contributed by atoms with van der Waals surface area (Å²) in [6, 6.07) is 16.6. The van der Waals surface area contributed by atoms with Crippen molar-refractivity contribution in [3.8, 4) is 0 Å². The first-order chi connectivity index (χ1) is 13.8. The number of thiophene rings is 1. The number of benzene rings is 2. The number of carbonyl (C=O) groups is 1. The largest absolute Gasteiger partial charge is 0.324 e. The standard InChI is InChI=1S/C20H18BrClN2O3S2/c1-13-15(22)8-5-9-16(13)23-20(25)17(12-14-6-3-2-4-7-14)24-29(26,27)19-11-10-18(21)28-19/h2-11,17,24H,12H2,1H3,(H,23,25)/t17-/m0/s1. The molecule has 2 aromatic carbocycles. The van der Waals surface area contributed by atoms with Gasteiger partial charge in [-0.3, -0.25) is 4.79 Å². The van der Waals surface area contributed by atoms with Gasteiger partial charge in [-0.05, 0) is 64.7 Å². The second-order valence-electron chi connectivity index (χ2n) is 6.32. The van der Waals surface area contributed by atoms with Crippen molar-refractivity contribution in [2.24, 2.45) is 0 Å². The number of carbonyl (C=O) groups excluding carboxylic acids is 1.